The first-order valence-electron chi connectivity index (χ1n) is 9.06. The molecule has 0 aromatic rings. The first-order valence-corrected chi connectivity index (χ1v) is 13.3. The molecule has 1 unspecified atom stereocenters. The Morgan fingerprint density at radius 2 is 1.30 bits per heavy atom. The zero-order valence-corrected chi connectivity index (χ0v) is 20.1. The topological polar surface area (TPSA) is 0 Å². The monoisotopic (exact) mass is 372 g/mol. The van der Waals surface area contributed by atoms with E-state index >= 15 is 0 Å². The highest BCUT2D eigenvalue weighted by Gasteiger charge is 2.38. The maximum atomic E-state index is 2.66. The maximum absolute atomic E-state index is 2.66. The van der Waals surface area contributed by atoms with E-state index in [2.05, 4.69) is 75.9 Å². The Morgan fingerprint density at radius 3 is 1.65 bits per heavy atom. The standard InChI is InChI=1S/C20H39P3/c1-12-13-14-23(11)16(19(5,6)7)21-15(18(2,3)4)22-17(23)20(8,9)10/h12-14H2,1-11H3. The fourth-order valence-corrected chi connectivity index (χ4v) is 14.7. The van der Waals surface area contributed by atoms with Gasteiger partial charge in [-0.2, -0.15) is 0 Å². The van der Waals surface area contributed by atoms with Crippen LogP contribution in [-0.4, -0.2) is 27.9 Å². The highest BCUT2D eigenvalue weighted by molar-refractivity contribution is 8.11. The van der Waals surface area contributed by atoms with Gasteiger partial charge in [0, 0.05) is 5.03 Å². The van der Waals surface area contributed by atoms with Gasteiger partial charge >= 0.3 is 0 Å². The van der Waals surface area contributed by atoms with E-state index in [1.54, 1.807) is 21.4 Å². The minimum absolute atomic E-state index is 0.298. The highest BCUT2D eigenvalue weighted by atomic mass is 31.2. The van der Waals surface area contributed by atoms with E-state index in [1.165, 1.54) is 19.0 Å². The van der Waals surface area contributed by atoms with E-state index in [1.807, 2.05) is 10.1 Å². The Kier molecular flexibility index (Phi) is 6.69. The molecular weight excluding hydrogens is 333 g/mol. The van der Waals surface area contributed by atoms with Crippen molar-refractivity contribution in [1.29, 1.82) is 0 Å². The van der Waals surface area contributed by atoms with Crippen LogP contribution in [0.3, 0.4) is 0 Å². The van der Waals surface area contributed by atoms with Crippen LogP contribution < -0.4 is 0 Å². The van der Waals surface area contributed by atoms with Crippen molar-refractivity contribution >= 4 is 38.4 Å². The van der Waals surface area contributed by atoms with Crippen LogP contribution in [0, 0.1) is 16.2 Å². The summed E-state index contributed by atoms with van der Waals surface area (Å²) in [5, 5.41) is 5.42. The van der Waals surface area contributed by atoms with Crippen molar-refractivity contribution in [2.75, 3.05) is 12.8 Å². The Labute approximate surface area is 149 Å². The molecular formula is C20H39P3. The third-order valence-corrected chi connectivity index (χ3v) is 16.1. The fraction of sp³-hybridized carbons (Fsp3) is 0.850. The molecule has 0 aromatic carbocycles. The SMILES string of the molecule is CCCCP1(C)=C(C(C)(C)C)P=C(C(C)(C)C)P=C1C(C)(C)C. The molecule has 1 rings (SSSR count). The molecule has 1 aliphatic heterocycles. The van der Waals surface area contributed by atoms with Crippen molar-refractivity contribution in [2.24, 2.45) is 16.2 Å². The average molecular weight is 372 g/mol. The summed E-state index contributed by atoms with van der Waals surface area (Å²) in [6.07, 6.45) is 4.10. The molecule has 0 spiro atoms. The molecule has 0 N–H and O–H groups in total. The summed E-state index contributed by atoms with van der Waals surface area (Å²) < 4.78 is 0. The van der Waals surface area contributed by atoms with Gasteiger partial charge in [0.15, 0.2) is 0 Å². The van der Waals surface area contributed by atoms with Crippen LogP contribution in [0.2, 0.25) is 0 Å². The lowest BCUT2D eigenvalue weighted by molar-refractivity contribution is 0.602. The van der Waals surface area contributed by atoms with E-state index in [4.69, 9.17) is 0 Å². The molecule has 3 heteroatoms. The summed E-state index contributed by atoms with van der Waals surface area (Å²) in [6, 6.07) is 0. The van der Waals surface area contributed by atoms with Crippen LogP contribution >= 0.6 is 23.3 Å². The molecule has 0 saturated carbocycles. The Hall–Kier alpha value is 0.640. The normalized spacial score (nSPS) is 25.1. The molecule has 0 amide bonds. The summed E-state index contributed by atoms with van der Waals surface area (Å²) in [5.41, 5.74) is 0.910. The van der Waals surface area contributed by atoms with Crippen molar-refractivity contribution in [1.82, 2.24) is 0 Å². The molecule has 1 heterocycles. The van der Waals surface area contributed by atoms with Gasteiger partial charge in [-0.1, -0.05) is 99.0 Å². The van der Waals surface area contributed by atoms with Gasteiger partial charge in [0.2, 0.25) is 0 Å². The van der Waals surface area contributed by atoms with Crippen molar-refractivity contribution in [3.8, 4) is 0 Å². The first kappa shape index (κ1) is 21.7. The molecule has 0 nitrogen and oxygen atoms in total. The zero-order chi connectivity index (χ0) is 18.3. The molecule has 1 atom stereocenters. The van der Waals surface area contributed by atoms with E-state index in [-0.39, 0.29) is 0 Å². The maximum Gasteiger partial charge on any atom is 0.0126 e. The van der Waals surface area contributed by atoms with Gasteiger partial charge in [0.1, 0.15) is 0 Å². The fourth-order valence-electron chi connectivity index (χ4n) is 3.38. The predicted molar refractivity (Wildman–Crippen MR) is 120 cm³/mol. The van der Waals surface area contributed by atoms with Crippen LogP contribution in [0.4, 0.5) is 0 Å². The van der Waals surface area contributed by atoms with Crippen molar-refractivity contribution in [3.05, 3.63) is 0 Å². The number of hydrogen-bond donors (Lipinski definition) is 0. The van der Waals surface area contributed by atoms with E-state index in [0.717, 1.165) is 0 Å². The summed E-state index contributed by atoms with van der Waals surface area (Å²) in [4.78, 5) is 0. The second-order valence-electron chi connectivity index (χ2n) is 10.2. The van der Waals surface area contributed by atoms with Crippen molar-refractivity contribution in [2.45, 2.75) is 82.1 Å². The second-order valence-corrected chi connectivity index (χ2v) is 17.2. The quantitative estimate of drug-likeness (QED) is 0.442. The lowest BCUT2D eigenvalue weighted by atomic mass is 9.99. The molecule has 0 bridgehead atoms. The Morgan fingerprint density at radius 1 is 0.783 bits per heavy atom. The van der Waals surface area contributed by atoms with Gasteiger partial charge in [-0.05, 0) is 45.6 Å². The minimum Gasteiger partial charge on any atom is -0.0707 e. The minimum atomic E-state index is -1.16. The smallest absolute Gasteiger partial charge is 0.0126 e. The third kappa shape index (κ3) is 5.06. The Balaban J connectivity index is 3.79. The summed E-state index contributed by atoms with van der Waals surface area (Å²) in [6.45, 7) is 25.7. The lowest BCUT2D eigenvalue weighted by Gasteiger charge is -2.43. The Bertz CT molecular complexity index is 552. The molecule has 0 fully saturated rings. The van der Waals surface area contributed by atoms with Crippen molar-refractivity contribution in [3.63, 3.8) is 0 Å². The highest BCUT2D eigenvalue weighted by Crippen LogP contribution is 2.63. The summed E-state index contributed by atoms with van der Waals surface area (Å²) in [7, 11) is 3.14. The number of rotatable bonds is 3. The van der Waals surface area contributed by atoms with Crippen LogP contribution in [0.5, 0.6) is 0 Å². The van der Waals surface area contributed by atoms with Crippen molar-refractivity contribution < 1.29 is 0 Å². The van der Waals surface area contributed by atoms with Gasteiger partial charge in [-0.15, -0.1) is 0 Å². The molecule has 0 aromatic heterocycles. The lowest BCUT2D eigenvalue weighted by Crippen LogP contribution is -2.30. The van der Waals surface area contributed by atoms with E-state index in [9.17, 15) is 0 Å². The predicted octanol–water partition coefficient (Wildman–Crippen LogP) is 7.87. The van der Waals surface area contributed by atoms with Crippen LogP contribution in [0.25, 0.3) is 0 Å². The van der Waals surface area contributed by atoms with Gasteiger partial charge < -0.3 is 0 Å². The largest absolute Gasteiger partial charge is 0.0707 e. The second kappa shape index (κ2) is 7.10. The molecule has 0 aliphatic carbocycles. The van der Waals surface area contributed by atoms with Gasteiger partial charge in [0.05, 0.1) is 0 Å². The summed E-state index contributed by atoms with van der Waals surface area (Å²) in [5.74, 6) is 0. The van der Waals surface area contributed by atoms with E-state index in [0.29, 0.717) is 16.2 Å². The van der Waals surface area contributed by atoms with E-state index < -0.39 is 6.89 Å². The molecule has 0 radical (unpaired) electrons. The molecule has 1 aliphatic rings. The molecule has 0 saturated heterocycles. The van der Waals surface area contributed by atoms with Gasteiger partial charge in [-0.25, -0.2) is 0 Å². The van der Waals surface area contributed by atoms with Crippen LogP contribution in [0.1, 0.15) is 82.1 Å². The first-order chi connectivity index (χ1) is 10.1. The number of unbranched alkanes of at least 4 members (excludes halogenated alkanes) is 1. The molecule has 23 heavy (non-hydrogen) atoms. The van der Waals surface area contributed by atoms with Crippen LogP contribution in [0.15, 0.2) is 0 Å². The van der Waals surface area contributed by atoms with Crippen LogP contribution in [-0.2, 0) is 0 Å². The average Bonchev–Trinajstić information content (AvgIpc) is 2.32. The van der Waals surface area contributed by atoms with Gasteiger partial charge in [-0.3, -0.25) is 0 Å². The van der Waals surface area contributed by atoms with Gasteiger partial charge in [0.25, 0.3) is 0 Å². The number of hydrogen-bond acceptors (Lipinski definition) is 0. The molecule has 134 valence electrons. The zero-order valence-electron chi connectivity index (χ0n) is 17.5. The summed E-state index contributed by atoms with van der Waals surface area (Å²) >= 11 is 0. The third-order valence-electron chi connectivity index (χ3n) is 4.33.